The van der Waals surface area contributed by atoms with Gasteiger partial charge in [-0.1, -0.05) is 6.07 Å². The number of benzene rings is 1. The minimum absolute atomic E-state index is 0.270. The minimum atomic E-state index is 0.270. The van der Waals surface area contributed by atoms with Crippen LogP contribution in [0.2, 0.25) is 0 Å². The van der Waals surface area contributed by atoms with Crippen molar-refractivity contribution >= 4 is 22.9 Å². The maximum absolute atomic E-state index is 12.3. The van der Waals surface area contributed by atoms with Crippen LogP contribution in [0.1, 0.15) is 17.7 Å². The van der Waals surface area contributed by atoms with Crippen LogP contribution in [-0.2, 0) is 11.2 Å². The van der Waals surface area contributed by atoms with Crippen LogP contribution in [0.5, 0.6) is 5.75 Å². The average molecular weight is 330 g/mol. The molecular weight excluding hydrogens is 308 g/mol. The summed E-state index contributed by atoms with van der Waals surface area (Å²) in [5, 5.41) is 11.4. The molecule has 0 aliphatic carbocycles. The van der Waals surface area contributed by atoms with Crippen LogP contribution >= 0.6 is 11.3 Å². The molecule has 1 amide bonds. The van der Waals surface area contributed by atoms with Crippen molar-refractivity contribution in [2.24, 2.45) is 0 Å². The van der Waals surface area contributed by atoms with Crippen LogP contribution < -0.4 is 4.90 Å². The Morgan fingerprint density at radius 1 is 1.09 bits per heavy atom. The Balaban J connectivity index is 1.43. The van der Waals surface area contributed by atoms with Gasteiger partial charge in [-0.15, -0.1) is 11.3 Å². The second-order valence-electron chi connectivity index (χ2n) is 5.82. The molecule has 1 aromatic heterocycles. The third-order valence-corrected chi connectivity index (χ3v) is 5.18. The number of phenols is 1. The first-order valence-corrected chi connectivity index (χ1v) is 8.94. The summed E-state index contributed by atoms with van der Waals surface area (Å²) in [7, 11) is 0. The quantitative estimate of drug-likeness (QED) is 0.916. The third-order valence-electron chi connectivity index (χ3n) is 4.24. The highest BCUT2D eigenvalue weighted by atomic mass is 32.1. The normalized spacial score (nSPS) is 15.0. The number of hydrogen-bond donors (Lipinski definition) is 1. The number of piperazine rings is 1. The molecule has 1 aromatic carbocycles. The summed E-state index contributed by atoms with van der Waals surface area (Å²) in [5.74, 6) is 0.556. The average Bonchev–Trinajstić information content (AvgIpc) is 3.09. The number of amides is 1. The number of anilines is 1. The maximum Gasteiger partial charge on any atom is 0.222 e. The lowest BCUT2D eigenvalue weighted by Crippen LogP contribution is -2.48. The summed E-state index contributed by atoms with van der Waals surface area (Å²) in [6.45, 7) is 3.25. The molecule has 0 spiro atoms. The molecule has 122 valence electrons. The van der Waals surface area contributed by atoms with Crippen LogP contribution in [0.3, 0.4) is 0 Å². The van der Waals surface area contributed by atoms with E-state index in [-0.39, 0.29) is 11.7 Å². The molecule has 1 fully saturated rings. The van der Waals surface area contributed by atoms with Gasteiger partial charge in [0.1, 0.15) is 5.75 Å². The summed E-state index contributed by atoms with van der Waals surface area (Å²) in [6, 6.07) is 11.5. The molecule has 1 aliphatic heterocycles. The highest BCUT2D eigenvalue weighted by molar-refractivity contribution is 7.09. The molecule has 4 nitrogen and oxygen atoms in total. The van der Waals surface area contributed by atoms with Crippen molar-refractivity contribution < 1.29 is 9.90 Å². The van der Waals surface area contributed by atoms with Gasteiger partial charge in [0.25, 0.3) is 0 Å². The van der Waals surface area contributed by atoms with E-state index in [1.807, 2.05) is 17.0 Å². The van der Waals surface area contributed by atoms with Crippen molar-refractivity contribution in [1.29, 1.82) is 0 Å². The van der Waals surface area contributed by atoms with Gasteiger partial charge in [0.05, 0.1) is 0 Å². The van der Waals surface area contributed by atoms with E-state index >= 15 is 0 Å². The van der Waals surface area contributed by atoms with Gasteiger partial charge in [-0.25, -0.2) is 0 Å². The molecule has 0 saturated carbocycles. The molecule has 0 unspecified atom stereocenters. The fourth-order valence-corrected chi connectivity index (χ4v) is 3.66. The number of nitrogens with zero attached hydrogens (tertiary/aromatic N) is 2. The van der Waals surface area contributed by atoms with E-state index in [9.17, 15) is 9.90 Å². The zero-order valence-corrected chi connectivity index (χ0v) is 14.0. The summed E-state index contributed by atoms with van der Waals surface area (Å²) in [6.07, 6.45) is 2.56. The second kappa shape index (κ2) is 7.51. The number of carbonyl (C=O) groups excluding carboxylic acids is 1. The van der Waals surface area contributed by atoms with E-state index in [1.165, 1.54) is 4.88 Å². The molecule has 23 heavy (non-hydrogen) atoms. The number of aromatic hydroxyl groups is 1. The fraction of sp³-hybridized carbons (Fsp3) is 0.389. The minimum Gasteiger partial charge on any atom is -0.508 e. The SMILES string of the molecule is O=C(CCCc1cccs1)N1CCN(c2ccc(O)cc2)CC1. The van der Waals surface area contributed by atoms with E-state index in [0.29, 0.717) is 6.42 Å². The Morgan fingerprint density at radius 3 is 2.48 bits per heavy atom. The Bertz CT molecular complexity index is 617. The van der Waals surface area contributed by atoms with Crippen LogP contribution in [0.25, 0.3) is 0 Å². The zero-order valence-electron chi connectivity index (χ0n) is 13.1. The van der Waals surface area contributed by atoms with Crippen LogP contribution in [-0.4, -0.2) is 42.1 Å². The summed E-state index contributed by atoms with van der Waals surface area (Å²) >= 11 is 1.76. The van der Waals surface area contributed by atoms with Crippen LogP contribution in [0, 0.1) is 0 Å². The molecule has 2 aromatic rings. The lowest BCUT2D eigenvalue weighted by Gasteiger charge is -2.36. The van der Waals surface area contributed by atoms with Gasteiger partial charge in [-0.05, 0) is 48.6 Å². The van der Waals surface area contributed by atoms with Gasteiger partial charge in [0, 0.05) is 43.2 Å². The second-order valence-corrected chi connectivity index (χ2v) is 6.85. The maximum atomic E-state index is 12.3. The molecule has 0 atom stereocenters. The third kappa shape index (κ3) is 4.26. The predicted octanol–water partition coefficient (Wildman–Crippen LogP) is 3.13. The molecular formula is C18H22N2O2S. The Labute approximate surface area is 141 Å². The molecule has 1 aliphatic rings. The monoisotopic (exact) mass is 330 g/mol. The van der Waals surface area contributed by atoms with Gasteiger partial charge in [-0.3, -0.25) is 4.79 Å². The van der Waals surface area contributed by atoms with Gasteiger partial charge in [0.2, 0.25) is 5.91 Å². The largest absolute Gasteiger partial charge is 0.508 e. The van der Waals surface area contributed by atoms with E-state index in [4.69, 9.17) is 0 Å². The lowest BCUT2D eigenvalue weighted by atomic mass is 10.2. The molecule has 1 N–H and O–H groups in total. The Kier molecular flexibility index (Phi) is 5.18. The highest BCUT2D eigenvalue weighted by Crippen LogP contribution is 2.20. The van der Waals surface area contributed by atoms with E-state index in [0.717, 1.165) is 44.7 Å². The molecule has 3 rings (SSSR count). The van der Waals surface area contributed by atoms with E-state index in [2.05, 4.69) is 22.4 Å². The van der Waals surface area contributed by atoms with Crippen molar-refractivity contribution in [2.75, 3.05) is 31.1 Å². The van der Waals surface area contributed by atoms with Crippen molar-refractivity contribution in [3.05, 3.63) is 46.7 Å². The van der Waals surface area contributed by atoms with E-state index in [1.54, 1.807) is 23.5 Å². The number of aryl methyl sites for hydroxylation is 1. The van der Waals surface area contributed by atoms with Gasteiger partial charge >= 0.3 is 0 Å². The first kappa shape index (κ1) is 15.9. The Morgan fingerprint density at radius 2 is 1.83 bits per heavy atom. The predicted molar refractivity (Wildman–Crippen MR) is 94.2 cm³/mol. The lowest BCUT2D eigenvalue weighted by molar-refractivity contribution is -0.131. The van der Waals surface area contributed by atoms with Crippen LogP contribution in [0.4, 0.5) is 5.69 Å². The summed E-state index contributed by atoms with van der Waals surface area (Å²) < 4.78 is 0. The van der Waals surface area contributed by atoms with E-state index < -0.39 is 0 Å². The number of phenolic OH excluding ortho intramolecular Hbond substituents is 1. The smallest absolute Gasteiger partial charge is 0.222 e. The fourth-order valence-electron chi connectivity index (χ4n) is 2.90. The first-order chi connectivity index (χ1) is 11.2. The molecule has 5 heteroatoms. The van der Waals surface area contributed by atoms with Crippen molar-refractivity contribution in [1.82, 2.24) is 4.90 Å². The highest BCUT2D eigenvalue weighted by Gasteiger charge is 2.20. The summed E-state index contributed by atoms with van der Waals surface area (Å²) in [4.78, 5) is 17.9. The molecule has 2 heterocycles. The standard InChI is InChI=1S/C18H22N2O2S/c21-16-8-6-15(7-9-16)19-10-12-20(13-11-19)18(22)5-1-3-17-4-2-14-23-17/h2,4,6-9,14,21H,1,3,5,10-13H2. The topological polar surface area (TPSA) is 43.8 Å². The first-order valence-electron chi connectivity index (χ1n) is 8.06. The van der Waals surface area contributed by atoms with Crippen molar-refractivity contribution in [2.45, 2.75) is 19.3 Å². The van der Waals surface area contributed by atoms with Gasteiger partial charge in [0.15, 0.2) is 0 Å². The summed E-state index contributed by atoms with van der Waals surface area (Å²) in [5.41, 5.74) is 1.10. The molecule has 0 radical (unpaired) electrons. The zero-order chi connectivity index (χ0) is 16.1. The van der Waals surface area contributed by atoms with Crippen molar-refractivity contribution in [3.8, 4) is 5.75 Å². The number of hydrogen-bond acceptors (Lipinski definition) is 4. The molecule has 0 bridgehead atoms. The Hall–Kier alpha value is -2.01. The van der Waals surface area contributed by atoms with Crippen LogP contribution in [0.15, 0.2) is 41.8 Å². The van der Waals surface area contributed by atoms with Gasteiger partial charge in [-0.2, -0.15) is 0 Å². The number of rotatable bonds is 5. The van der Waals surface area contributed by atoms with Gasteiger partial charge < -0.3 is 14.9 Å². The number of carbonyl (C=O) groups is 1. The molecule has 1 saturated heterocycles. The van der Waals surface area contributed by atoms with Crippen molar-refractivity contribution in [3.63, 3.8) is 0 Å². The number of thiophene rings is 1.